The van der Waals surface area contributed by atoms with Gasteiger partial charge in [0.05, 0.1) is 12.9 Å². The van der Waals surface area contributed by atoms with Gasteiger partial charge in [-0.1, -0.05) is 36.4 Å². The van der Waals surface area contributed by atoms with Gasteiger partial charge in [-0.2, -0.15) is 0 Å². The maximum absolute atomic E-state index is 5.89. The molecule has 0 saturated heterocycles. The van der Waals surface area contributed by atoms with Crippen molar-refractivity contribution in [3.8, 4) is 5.75 Å². The Balaban J connectivity index is 1.80. The molecule has 0 aliphatic heterocycles. The Morgan fingerprint density at radius 3 is 2.62 bits per heavy atom. The van der Waals surface area contributed by atoms with Crippen LogP contribution in [0.5, 0.6) is 5.75 Å². The highest BCUT2D eigenvalue weighted by atomic mass is 16.5. The summed E-state index contributed by atoms with van der Waals surface area (Å²) in [7, 11) is 0. The fourth-order valence-corrected chi connectivity index (χ4v) is 2.22. The maximum Gasteiger partial charge on any atom is 0.127 e. The van der Waals surface area contributed by atoms with Crippen molar-refractivity contribution < 1.29 is 4.74 Å². The molecule has 0 saturated carbocycles. The monoisotopic (exact) mass is 284 g/mol. The minimum Gasteiger partial charge on any atom is -0.493 e. The number of hydrogen-bond acceptors (Lipinski definition) is 2. The third-order valence-corrected chi connectivity index (χ3v) is 3.50. The summed E-state index contributed by atoms with van der Waals surface area (Å²) in [5, 5.41) is 2.39. The summed E-state index contributed by atoms with van der Waals surface area (Å²) in [6.07, 6.45) is 2.87. The van der Waals surface area contributed by atoms with Gasteiger partial charge in [-0.25, -0.2) is 0 Å². The minimum absolute atomic E-state index is 0.698. The summed E-state index contributed by atoms with van der Waals surface area (Å²) in [4.78, 5) is 6.61. The van der Waals surface area contributed by atoms with Crippen LogP contribution < -0.4 is 4.74 Å². The first kappa shape index (κ1) is 15.4. The standard InChI is InChI=1S/C18H24N2O/c1-3-20(4-2)15-19-13-8-14-21-18-12-7-10-16-9-5-6-11-17(16)18/h5-7,9-12,15H,3-4,8,13-14H2,1-2H3. The number of fused-ring (bicyclic) bond motifs is 1. The van der Waals surface area contributed by atoms with E-state index in [0.29, 0.717) is 6.61 Å². The van der Waals surface area contributed by atoms with Crippen molar-refractivity contribution in [1.29, 1.82) is 0 Å². The van der Waals surface area contributed by atoms with Gasteiger partial charge < -0.3 is 9.64 Å². The van der Waals surface area contributed by atoms with E-state index in [9.17, 15) is 0 Å². The zero-order valence-corrected chi connectivity index (χ0v) is 13.0. The molecule has 21 heavy (non-hydrogen) atoms. The van der Waals surface area contributed by atoms with Gasteiger partial charge in [0.2, 0.25) is 0 Å². The normalized spacial score (nSPS) is 11.1. The lowest BCUT2D eigenvalue weighted by Crippen LogP contribution is -2.20. The number of ether oxygens (including phenoxy) is 1. The highest BCUT2D eigenvalue weighted by Crippen LogP contribution is 2.25. The van der Waals surface area contributed by atoms with E-state index >= 15 is 0 Å². The average molecular weight is 284 g/mol. The Morgan fingerprint density at radius 1 is 1.05 bits per heavy atom. The van der Waals surface area contributed by atoms with E-state index in [0.717, 1.165) is 31.8 Å². The number of benzene rings is 2. The van der Waals surface area contributed by atoms with E-state index in [-0.39, 0.29) is 0 Å². The SMILES string of the molecule is CCN(C=NCCCOc1cccc2ccccc12)CC. The van der Waals surface area contributed by atoms with Crippen LogP contribution in [0, 0.1) is 0 Å². The Hall–Kier alpha value is -2.03. The lowest BCUT2D eigenvalue weighted by molar-refractivity contribution is 0.317. The van der Waals surface area contributed by atoms with Crippen LogP contribution in [0.4, 0.5) is 0 Å². The van der Waals surface area contributed by atoms with Crippen molar-refractivity contribution in [3.05, 3.63) is 42.5 Å². The fourth-order valence-electron chi connectivity index (χ4n) is 2.22. The first-order valence-electron chi connectivity index (χ1n) is 7.69. The van der Waals surface area contributed by atoms with E-state index in [1.54, 1.807) is 0 Å². The largest absolute Gasteiger partial charge is 0.493 e. The molecule has 0 bridgehead atoms. The van der Waals surface area contributed by atoms with Gasteiger partial charge in [-0.15, -0.1) is 0 Å². The molecule has 0 spiro atoms. The van der Waals surface area contributed by atoms with Crippen LogP contribution in [0.1, 0.15) is 20.3 Å². The molecule has 0 aliphatic rings. The number of hydrogen-bond donors (Lipinski definition) is 0. The van der Waals surface area contributed by atoms with Gasteiger partial charge in [0.25, 0.3) is 0 Å². The van der Waals surface area contributed by atoms with Crippen LogP contribution in [0.3, 0.4) is 0 Å². The van der Waals surface area contributed by atoms with Crippen molar-refractivity contribution in [2.24, 2.45) is 4.99 Å². The van der Waals surface area contributed by atoms with Crippen molar-refractivity contribution in [2.75, 3.05) is 26.2 Å². The molecular weight excluding hydrogens is 260 g/mol. The van der Waals surface area contributed by atoms with Crippen LogP contribution in [0.15, 0.2) is 47.5 Å². The highest BCUT2D eigenvalue weighted by Gasteiger charge is 2.00. The van der Waals surface area contributed by atoms with Crippen LogP contribution in [-0.4, -0.2) is 37.5 Å². The molecule has 0 radical (unpaired) electrons. The molecule has 2 rings (SSSR count). The van der Waals surface area contributed by atoms with Crippen molar-refractivity contribution >= 4 is 17.1 Å². The molecule has 0 heterocycles. The summed E-state index contributed by atoms with van der Waals surface area (Å²) >= 11 is 0. The van der Waals surface area contributed by atoms with Crippen molar-refractivity contribution in [2.45, 2.75) is 20.3 Å². The van der Waals surface area contributed by atoms with E-state index in [2.05, 4.69) is 41.9 Å². The van der Waals surface area contributed by atoms with Gasteiger partial charge in [-0.05, 0) is 25.3 Å². The second-order valence-electron chi connectivity index (χ2n) is 4.92. The van der Waals surface area contributed by atoms with Gasteiger partial charge in [-0.3, -0.25) is 4.99 Å². The van der Waals surface area contributed by atoms with E-state index in [4.69, 9.17) is 4.74 Å². The molecule has 3 heteroatoms. The summed E-state index contributed by atoms with van der Waals surface area (Å²) < 4.78 is 5.89. The maximum atomic E-state index is 5.89. The van der Waals surface area contributed by atoms with E-state index in [1.165, 1.54) is 10.8 Å². The first-order valence-corrected chi connectivity index (χ1v) is 7.69. The molecule has 0 N–H and O–H groups in total. The van der Waals surface area contributed by atoms with Gasteiger partial charge >= 0.3 is 0 Å². The molecule has 0 aliphatic carbocycles. The smallest absolute Gasteiger partial charge is 0.127 e. The summed E-state index contributed by atoms with van der Waals surface area (Å²) in [6, 6.07) is 14.5. The molecule has 2 aromatic carbocycles. The average Bonchev–Trinajstić information content (AvgIpc) is 2.54. The summed E-state index contributed by atoms with van der Waals surface area (Å²) in [6.45, 7) is 7.79. The number of nitrogens with zero attached hydrogens (tertiary/aromatic N) is 2. The minimum atomic E-state index is 0.698. The Kier molecular flexibility index (Phi) is 6.07. The predicted octanol–water partition coefficient (Wildman–Crippen LogP) is 3.98. The second-order valence-corrected chi connectivity index (χ2v) is 4.92. The zero-order chi connectivity index (χ0) is 14.9. The molecule has 0 unspecified atom stereocenters. The number of rotatable bonds is 8. The van der Waals surface area contributed by atoms with Gasteiger partial charge in [0.15, 0.2) is 0 Å². The lowest BCUT2D eigenvalue weighted by atomic mass is 10.1. The van der Waals surface area contributed by atoms with Crippen molar-refractivity contribution in [3.63, 3.8) is 0 Å². The second kappa shape index (κ2) is 8.30. The Labute approximate surface area is 127 Å². The topological polar surface area (TPSA) is 24.8 Å². The predicted molar refractivity (Wildman–Crippen MR) is 90.3 cm³/mol. The van der Waals surface area contributed by atoms with E-state index < -0.39 is 0 Å². The molecule has 0 amide bonds. The third kappa shape index (κ3) is 4.48. The molecule has 3 nitrogen and oxygen atoms in total. The quantitative estimate of drug-likeness (QED) is 0.416. The van der Waals surface area contributed by atoms with Crippen LogP contribution in [0.2, 0.25) is 0 Å². The third-order valence-electron chi connectivity index (χ3n) is 3.50. The summed E-state index contributed by atoms with van der Waals surface area (Å²) in [5.74, 6) is 0.959. The number of aliphatic imine (C=N–C) groups is 1. The molecule has 112 valence electrons. The van der Waals surface area contributed by atoms with Crippen LogP contribution in [-0.2, 0) is 0 Å². The van der Waals surface area contributed by atoms with Crippen LogP contribution in [0.25, 0.3) is 10.8 Å². The summed E-state index contributed by atoms with van der Waals surface area (Å²) in [5.41, 5.74) is 0. The fraction of sp³-hybridized carbons (Fsp3) is 0.389. The molecule has 0 aromatic heterocycles. The Bertz CT molecular complexity index is 571. The van der Waals surface area contributed by atoms with Gasteiger partial charge in [0, 0.05) is 31.4 Å². The van der Waals surface area contributed by atoms with Crippen molar-refractivity contribution in [1.82, 2.24) is 4.90 Å². The zero-order valence-electron chi connectivity index (χ0n) is 13.0. The van der Waals surface area contributed by atoms with E-state index in [1.807, 2.05) is 30.6 Å². The van der Waals surface area contributed by atoms with Crippen LogP contribution >= 0.6 is 0 Å². The van der Waals surface area contributed by atoms with Gasteiger partial charge in [0.1, 0.15) is 5.75 Å². The molecule has 2 aromatic rings. The lowest BCUT2D eigenvalue weighted by Gasteiger charge is -2.13. The molecular formula is C18H24N2O. The Morgan fingerprint density at radius 2 is 1.81 bits per heavy atom. The highest BCUT2D eigenvalue weighted by molar-refractivity contribution is 5.88. The molecule has 0 atom stereocenters. The molecule has 0 fully saturated rings. The first-order chi connectivity index (χ1) is 10.3.